The van der Waals surface area contributed by atoms with Gasteiger partial charge in [0, 0.05) is 39.3 Å². The van der Waals surface area contributed by atoms with Crippen LogP contribution in [-0.2, 0) is 7.05 Å². The number of hydrogen-bond donors (Lipinski definition) is 1. The van der Waals surface area contributed by atoms with Gasteiger partial charge in [0.1, 0.15) is 0 Å². The van der Waals surface area contributed by atoms with Gasteiger partial charge in [-0.15, -0.1) is 5.10 Å². The van der Waals surface area contributed by atoms with E-state index in [9.17, 15) is 0 Å². The molecular formula is C10H17N5S. The maximum Gasteiger partial charge on any atom is 0.225 e. The Bertz CT molecular complexity index is 425. The summed E-state index contributed by atoms with van der Waals surface area (Å²) in [5.74, 6) is 0.973. The second-order valence-electron chi connectivity index (χ2n) is 4.64. The van der Waals surface area contributed by atoms with E-state index in [1.807, 2.05) is 11.6 Å². The number of hydrogen-bond acceptors (Lipinski definition) is 4. The van der Waals surface area contributed by atoms with Crippen LogP contribution in [0.2, 0.25) is 0 Å². The summed E-state index contributed by atoms with van der Waals surface area (Å²) in [4.78, 5) is 4.91. The van der Waals surface area contributed by atoms with Crippen LogP contribution < -0.4 is 4.90 Å². The number of aromatic nitrogens is 3. The molecule has 5 nitrogen and oxygen atoms in total. The minimum Gasteiger partial charge on any atom is -0.338 e. The molecule has 2 heterocycles. The molecule has 3 rings (SSSR count). The molecular weight excluding hydrogens is 222 g/mol. The second kappa shape index (κ2) is 3.85. The van der Waals surface area contributed by atoms with Crippen LogP contribution in [0, 0.1) is 4.77 Å². The number of nitrogens with one attached hydrogen (secondary N) is 1. The summed E-state index contributed by atoms with van der Waals surface area (Å²) in [6.07, 6.45) is 2.79. The van der Waals surface area contributed by atoms with Gasteiger partial charge >= 0.3 is 0 Å². The lowest BCUT2D eigenvalue weighted by Gasteiger charge is -2.34. The molecule has 1 saturated carbocycles. The minimum absolute atomic E-state index is 0.694. The van der Waals surface area contributed by atoms with Crippen LogP contribution in [0.1, 0.15) is 12.8 Å². The van der Waals surface area contributed by atoms with Crippen molar-refractivity contribution < 1.29 is 0 Å². The van der Waals surface area contributed by atoms with Gasteiger partial charge in [-0.25, -0.2) is 5.10 Å². The van der Waals surface area contributed by atoms with Gasteiger partial charge in [0.2, 0.25) is 5.95 Å². The van der Waals surface area contributed by atoms with Crippen molar-refractivity contribution in [2.45, 2.75) is 18.9 Å². The van der Waals surface area contributed by atoms with Gasteiger partial charge in [-0.3, -0.25) is 9.47 Å². The van der Waals surface area contributed by atoms with Gasteiger partial charge in [0.15, 0.2) is 4.77 Å². The summed E-state index contributed by atoms with van der Waals surface area (Å²) in [5.41, 5.74) is 0. The summed E-state index contributed by atoms with van der Waals surface area (Å²) < 4.78 is 2.64. The van der Waals surface area contributed by atoms with Gasteiger partial charge in [0.05, 0.1) is 0 Å². The van der Waals surface area contributed by atoms with Gasteiger partial charge < -0.3 is 4.90 Å². The first-order valence-corrected chi connectivity index (χ1v) is 6.27. The first-order chi connectivity index (χ1) is 7.75. The largest absolute Gasteiger partial charge is 0.338 e. The van der Waals surface area contributed by atoms with Gasteiger partial charge in [-0.2, -0.15) is 0 Å². The number of piperazine rings is 1. The van der Waals surface area contributed by atoms with E-state index in [4.69, 9.17) is 12.2 Å². The van der Waals surface area contributed by atoms with Crippen molar-refractivity contribution in [3.05, 3.63) is 4.77 Å². The van der Waals surface area contributed by atoms with Crippen molar-refractivity contribution in [3.8, 4) is 0 Å². The molecule has 1 N–H and O–H groups in total. The molecule has 0 radical (unpaired) electrons. The molecule has 0 amide bonds. The molecule has 1 aromatic heterocycles. The Morgan fingerprint density at radius 2 is 1.94 bits per heavy atom. The zero-order chi connectivity index (χ0) is 11.1. The van der Waals surface area contributed by atoms with Crippen molar-refractivity contribution >= 4 is 18.2 Å². The topological polar surface area (TPSA) is 40.1 Å². The van der Waals surface area contributed by atoms with Crippen molar-refractivity contribution in [3.63, 3.8) is 0 Å². The number of nitrogens with zero attached hydrogens (tertiary/aromatic N) is 4. The molecule has 0 unspecified atom stereocenters. The Labute approximate surface area is 100 Å². The molecule has 2 fully saturated rings. The predicted octanol–water partition coefficient (Wildman–Crippen LogP) is 0.762. The molecule has 88 valence electrons. The van der Waals surface area contributed by atoms with Gasteiger partial charge in [-0.1, -0.05) is 0 Å². The molecule has 1 aliphatic carbocycles. The van der Waals surface area contributed by atoms with E-state index >= 15 is 0 Å². The van der Waals surface area contributed by atoms with Crippen LogP contribution >= 0.6 is 12.2 Å². The third-order valence-electron chi connectivity index (χ3n) is 3.52. The summed E-state index contributed by atoms with van der Waals surface area (Å²) in [6.45, 7) is 4.43. The lowest BCUT2D eigenvalue weighted by Crippen LogP contribution is -2.48. The van der Waals surface area contributed by atoms with Crippen LogP contribution in [0.15, 0.2) is 0 Å². The smallest absolute Gasteiger partial charge is 0.225 e. The molecule has 0 aromatic carbocycles. The summed E-state index contributed by atoms with van der Waals surface area (Å²) in [7, 11) is 1.97. The van der Waals surface area contributed by atoms with Gasteiger partial charge in [-0.05, 0) is 25.1 Å². The third-order valence-corrected chi connectivity index (χ3v) is 3.88. The van der Waals surface area contributed by atoms with Crippen LogP contribution in [0.5, 0.6) is 0 Å². The Hall–Kier alpha value is -0.880. The summed E-state index contributed by atoms with van der Waals surface area (Å²) >= 11 is 5.13. The van der Waals surface area contributed by atoms with E-state index < -0.39 is 0 Å². The van der Waals surface area contributed by atoms with E-state index in [0.29, 0.717) is 4.77 Å². The summed E-state index contributed by atoms with van der Waals surface area (Å²) in [5, 5.41) is 7.12. The molecule has 0 atom stereocenters. The molecule has 0 spiro atoms. The number of rotatable bonds is 2. The fourth-order valence-electron chi connectivity index (χ4n) is 2.35. The molecule has 1 aliphatic heterocycles. The van der Waals surface area contributed by atoms with Crippen molar-refractivity contribution in [1.29, 1.82) is 0 Å². The quantitative estimate of drug-likeness (QED) is 0.774. The zero-order valence-electron chi connectivity index (χ0n) is 9.52. The molecule has 0 bridgehead atoms. The van der Waals surface area contributed by atoms with Crippen molar-refractivity contribution in [1.82, 2.24) is 19.7 Å². The average Bonchev–Trinajstić information content (AvgIpc) is 3.09. The highest BCUT2D eigenvalue weighted by Gasteiger charge is 2.31. The minimum atomic E-state index is 0.694. The fourth-order valence-corrected chi connectivity index (χ4v) is 2.48. The highest BCUT2D eigenvalue weighted by Crippen LogP contribution is 2.28. The Kier molecular flexibility index (Phi) is 2.48. The SMILES string of the molecule is Cn1c(N2CCN(C3CC3)CC2)n[nH]c1=S. The zero-order valence-corrected chi connectivity index (χ0v) is 10.3. The highest BCUT2D eigenvalue weighted by molar-refractivity contribution is 7.71. The predicted molar refractivity (Wildman–Crippen MR) is 65.2 cm³/mol. The van der Waals surface area contributed by atoms with Gasteiger partial charge in [0.25, 0.3) is 0 Å². The Balaban J connectivity index is 1.69. The van der Waals surface area contributed by atoms with Crippen LogP contribution in [-0.4, -0.2) is 51.9 Å². The molecule has 16 heavy (non-hydrogen) atoms. The fraction of sp³-hybridized carbons (Fsp3) is 0.800. The molecule has 6 heteroatoms. The maximum atomic E-state index is 5.13. The Morgan fingerprint density at radius 3 is 2.44 bits per heavy atom. The summed E-state index contributed by atoms with van der Waals surface area (Å²) in [6, 6.07) is 0.879. The lowest BCUT2D eigenvalue weighted by molar-refractivity contribution is 0.246. The maximum absolute atomic E-state index is 5.13. The molecule has 1 aromatic rings. The Morgan fingerprint density at radius 1 is 1.25 bits per heavy atom. The van der Waals surface area contributed by atoms with Crippen LogP contribution in [0.3, 0.4) is 0 Å². The van der Waals surface area contributed by atoms with Crippen molar-refractivity contribution in [2.75, 3.05) is 31.1 Å². The third kappa shape index (κ3) is 1.76. The van der Waals surface area contributed by atoms with Crippen molar-refractivity contribution in [2.24, 2.45) is 7.05 Å². The van der Waals surface area contributed by atoms with E-state index in [-0.39, 0.29) is 0 Å². The standard InChI is InChI=1S/C10H17N5S/c1-13-9(11-12-10(13)16)15-6-4-14(5-7-15)8-2-3-8/h8H,2-7H2,1H3,(H,12,16). The normalized spacial score (nSPS) is 22.7. The highest BCUT2D eigenvalue weighted by atomic mass is 32.1. The molecule has 1 saturated heterocycles. The lowest BCUT2D eigenvalue weighted by atomic mass is 10.3. The number of H-pyrrole nitrogens is 1. The average molecular weight is 239 g/mol. The van der Waals surface area contributed by atoms with E-state index in [2.05, 4.69) is 20.0 Å². The second-order valence-corrected chi connectivity index (χ2v) is 5.03. The number of aromatic amines is 1. The van der Waals surface area contributed by atoms with Crippen LogP contribution in [0.25, 0.3) is 0 Å². The number of anilines is 1. The first-order valence-electron chi connectivity index (χ1n) is 5.86. The van der Waals surface area contributed by atoms with E-state index in [0.717, 1.165) is 38.2 Å². The monoisotopic (exact) mass is 239 g/mol. The van der Waals surface area contributed by atoms with Crippen LogP contribution in [0.4, 0.5) is 5.95 Å². The molecule has 2 aliphatic rings. The first kappa shape index (κ1) is 10.3. The van der Waals surface area contributed by atoms with E-state index in [1.165, 1.54) is 12.8 Å². The van der Waals surface area contributed by atoms with E-state index in [1.54, 1.807) is 0 Å².